The molecule has 0 aliphatic carbocycles. The van der Waals surface area contributed by atoms with E-state index in [0.717, 1.165) is 104 Å². The molecule has 0 saturated carbocycles. The van der Waals surface area contributed by atoms with E-state index in [2.05, 4.69) is 55.8 Å². The van der Waals surface area contributed by atoms with E-state index in [1.54, 1.807) is 11.3 Å². The van der Waals surface area contributed by atoms with E-state index < -0.39 is 6.04 Å². The lowest BCUT2D eigenvalue weighted by Gasteiger charge is -2.20. The van der Waals surface area contributed by atoms with Gasteiger partial charge in [-0.25, -0.2) is 10.1 Å². The summed E-state index contributed by atoms with van der Waals surface area (Å²) in [6.45, 7) is 10.4. The number of aromatic nitrogens is 3. The molecule has 1 aliphatic heterocycles. The molecule has 0 amide bonds. The van der Waals surface area contributed by atoms with Crippen LogP contribution in [0.4, 0.5) is 0 Å². The van der Waals surface area contributed by atoms with Crippen LogP contribution in [0.5, 0.6) is 0 Å². The predicted molar refractivity (Wildman–Crippen MR) is 179 cm³/mol. The summed E-state index contributed by atoms with van der Waals surface area (Å²) in [5.74, 6) is 1.11. The van der Waals surface area contributed by atoms with Crippen LogP contribution in [-0.2, 0) is 24.5 Å². The van der Waals surface area contributed by atoms with Crippen molar-refractivity contribution in [3.63, 3.8) is 0 Å². The van der Waals surface area contributed by atoms with E-state index in [1.807, 2.05) is 31.2 Å². The number of esters is 1. The lowest BCUT2D eigenvalue weighted by atomic mass is 9.99. The second-order valence-electron chi connectivity index (χ2n) is 11.6. The third-order valence-electron chi connectivity index (χ3n) is 8.17. The van der Waals surface area contributed by atoms with Gasteiger partial charge in [-0.1, -0.05) is 56.3 Å². The topological polar surface area (TPSA) is 129 Å². The molecule has 252 valence electrons. The van der Waals surface area contributed by atoms with Gasteiger partial charge in [0.1, 0.15) is 23.0 Å². The van der Waals surface area contributed by atoms with E-state index in [0.29, 0.717) is 17.5 Å². The molecule has 3 heterocycles. The number of halogens is 1. The monoisotopic (exact) mass is 675 g/mol. The summed E-state index contributed by atoms with van der Waals surface area (Å²) in [6, 6.07) is 7.11. The molecule has 46 heavy (non-hydrogen) atoms. The number of aliphatic imine (C=N–C) groups is 1. The number of nitrogens with zero attached hydrogens (tertiary/aromatic N) is 4. The molecule has 0 fully saturated rings. The highest BCUT2D eigenvalue weighted by atomic mass is 35.5. The summed E-state index contributed by atoms with van der Waals surface area (Å²) in [5.41, 5.74) is 3.93. The molecule has 11 nitrogen and oxygen atoms in total. The maximum Gasteiger partial charge on any atom is 0.308 e. The van der Waals surface area contributed by atoms with Gasteiger partial charge in [0, 0.05) is 21.0 Å². The van der Waals surface area contributed by atoms with Crippen molar-refractivity contribution >= 4 is 34.6 Å². The summed E-state index contributed by atoms with van der Waals surface area (Å²) >= 11 is 7.92. The van der Waals surface area contributed by atoms with Crippen molar-refractivity contribution in [3.8, 4) is 5.00 Å². The average molecular weight is 676 g/mol. The number of nitrogens with one attached hydrogen (secondary N) is 1. The Kier molecular flexibility index (Phi) is 14.6. The zero-order chi connectivity index (χ0) is 32.9. The molecule has 2 N–H and O–H groups in total. The van der Waals surface area contributed by atoms with Crippen molar-refractivity contribution in [1.82, 2.24) is 20.1 Å². The first-order valence-electron chi connectivity index (χ1n) is 16.2. The largest absolute Gasteiger partial charge is 0.462 e. The molecule has 2 aromatic heterocycles. The number of thiophene rings is 1. The normalized spacial score (nSPS) is 14.8. The molecule has 0 spiro atoms. The second-order valence-corrected chi connectivity index (χ2v) is 13.3. The smallest absolute Gasteiger partial charge is 0.308 e. The Morgan fingerprint density at radius 3 is 2.52 bits per heavy atom. The number of fused-ring (bicyclic) bond motifs is 3. The lowest BCUT2D eigenvalue weighted by Crippen LogP contribution is -2.26. The van der Waals surface area contributed by atoms with E-state index in [9.17, 15) is 4.79 Å². The second kappa shape index (κ2) is 18.6. The molecule has 4 rings (SSSR count). The molecule has 0 radical (unpaired) electrons. The van der Waals surface area contributed by atoms with E-state index in [-0.39, 0.29) is 18.5 Å². The summed E-state index contributed by atoms with van der Waals surface area (Å²) in [7, 11) is 0. The number of carbonyl (C=O) groups is 1. The number of benzene rings is 1. The minimum atomic E-state index is -0.559. The van der Waals surface area contributed by atoms with Gasteiger partial charge in [0.25, 0.3) is 0 Å². The summed E-state index contributed by atoms with van der Waals surface area (Å²) in [5, 5.41) is 29.5. The van der Waals surface area contributed by atoms with Gasteiger partial charge in [0.2, 0.25) is 0 Å². The van der Waals surface area contributed by atoms with Crippen LogP contribution in [0.2, 0.25) is 5.02 Å². The van der Waals surface area contributed by atoms with Gasteiger partial charge in [-0.05, 0) is 93.7 Å². The predicted octanol–water partition coefficient (Wildman–Crippen LogP) is 7.57. The number of aryl methyl sites for hydroxylation is 2. The Balaban J connectivity index is 1.46. The highest BCUT2D eigenvalue weighted by Crippen LogP contribution is 2.39. The summed E-state index contributed by atoms with van der Waals surface area (Å²) in [4.78, 5) is 24.6. The Morgan fingerprint density at radius 1 is 1.04 bits per heavy atom. The number of ether oxygens (including phenoxy) is 1. The van der Waals surface area contributed by atoms with Crippen LogP contribution in [0.1, 0.15) is 110 Å². The van der Waals surface area contributed by atoms with Crippen molar-refractivity contribution in [1.29, 1.82) is 0 Å². The van der Waals surface area contributed by atoms with E-state index in [4.69, 9.17) is 26.6 Å². The quantitative estimate of drug-likeness (QED) is 0.0539. The fourth-order valence-electron chi connectivity index (χ4n) is 5.65. The number of rotatable bonds is 20. The fraction of sp³-hybridized carbons (Fsp3) is 0.576. The van der Waals surface area contributed by atoms with Gasteiger partial charge in [0.15, 0.2) is 5.82 Å². The van der Waals surface area contributed by atoms with Crippen LogP contribution < -0.4 is 5.32 Å². The first-order valence-corrected chi connectivity index (χ1v) is 17.4. The Hall–Kier alpha value is -2.71. The molecule has 1 unspecified atom stereocenters. The minimum Gasteiger partial charge on any atom is -0.462 e. The van der Waals surface area contributed by atoms with Crippen molar-refractivity contribution in [2.24, 2.45) is 4.99 Å². The maximum atomic E-state index is 13.6. The van der Waals surface area contributed by atoms with Crippen LogP contribution in [0, 0.1) is 20.8 Å². The molecule has 0 bridgehead atoms. The third-order valence-corrected chi connectivity index (χ3v) is 9.61. The number of carbonyl (C=O) groups excluding carboxylic acids is 1. The highest BCUT2D eigenvalue weighted by Gasteiger charge is 2.33. The van der Waals surface area contributed by atoms with E-state index in [1.165, 1.54) is 4.88 Å². The van der Waals surface area contributed by atoms with Crippen molar-refractivity contribution in [2.45, 2.75) is 104 Å². The van der Waals surface area contributed by atoms with Crippen LogP contribution >= 0.6 is 22.9 Å². The molecule has 0 saturated heterocycles. The zero-order valence-corrected chi connectivity index (χ0v) is 28.8. The Bertz CT molecular complexity index is 1430. The molecule has 1 aromatic carbocycles. The molecular weight excluding hydrogens is 630 g/mol. The van der Waals surface area contributed by atoms with Gasteiger partial charge in [-0.15, -0.1) is 21.5 Å². The van der Waals surface area contributed by atoms with Crippen LogP contribution in [0.3, 0.4) is 0 Å². The summed E-state index contributed by atoms with van der Waals surface area (Å²) in [6.07, 6.45) is 8.46. The van der Waals surface area contributed by atoms with Gasteiger partial charge in [-0.3, -0.25) is 14.4 Å². The Labute approximate surface area is 280 Å². The van der Waals surface area contributed by atoms with E-state index >= 15 is 0 Å². The van der Waals surface area contributed by atoms with Crippen LogP contribution in [0.15, 0.2) is 29.3 Å². The van der Waals surface area contributed by atoms with Crippen molar-refractivity contribution in [2.75, 3.05) is 19.7 Å². The number of unbranched alkanes of at least 4 members (excludes halogenated alkanes) is 5. The standard InChI is InChI=1S/C33H46ClN5O6S/c1-5-18-35-19-17-27(12-10-8-6-7-9-11-20-42-45-44-41)43-29(40)21-28-32-38-37-24(4)39(32)33-30(22(2)23(3)46-33)31(36-28)25-13-15-26(34)16-14-25/h13-16,27-28,35,41H,5-12,17-21H2,1-4H3/t27?,28-/m0/s1. The highest BCUT2D eigenvalue weighted by molar-refractivity contribution is 7.15. The number of hydrogen-bond acceptors (Lipinski definition) is 11. The average Bonchev–Trinajstić information content (AvgIpc) is 3.52. The third kappa shape index (κ3) is 9.90. The van der Waals surface area contributed by atoms with Gasteiger partial charge in [-0.2, -0.15) is 0 Å². The molecule has 3 aromatic rings. The first-order chi connectivity index (χ1) is 22.3. The van der Waals surface area contributed by atoms with Gasteiger partial charge < -0.3 is 10.1 Å². The molecule has 2 atom stereocenters. The lowest BCUT2D eigenvalue weighted by molar-refractivity contribution is -0.623. The molecule has 13 heteroatoms. The number of hydrogen-bond donors (Lipinski definition) is 2. The van der Waals surface area contributed by atoms with Crippen molar-refractivity contribution in [3.05, 3.63) is 62.5 Å². The van der Waals surface area contributed by atoms with Crippen molar-refractivity contribution < 1.29 is 29.8 Å². The van der Waals surface area contributed by atoms with Gasteiger partial charge >= 0.3 is 5.97 Å². The van der Waals surface area contributed by atoms with Gasteiger partial charge in [0.05, 0.1) is 18.7 Å². The van der Waals surface area contributed by atoms with Crippen LogP contribution in [-0.4, -0.2) is 57.5 Å². The fourth-order valence-corrected chi connectivity index (χ4v) is 6.99. The maximum absolute atomic E-state index is 13.6. The summed E-state index contributed by atoms with van der Waals surface area (Å²) < 4.78 is 8.21. The molecule has 1 aliphatic rings. The first kappa shape index (κ1) is 36.1. The molecular formula is C33H46ClN5O6S. The minimum absolute atomic E-state index is 0.0637. The SMILES string of the molecule is CCCNCCC(CCCCCCCCOOOO)OC(=O)C[C@@H]1N=C(c2ccc(Cl)cc2)c2c(sc(C)c2C)-n2c(C)nnc21. The zero-order valence-electron chi connectivity index (χ0n) is 27.2. The Morgan fingerprint density at radius 2 is 1.78 bits per heavy atom. The van der Waals surface area contributed by atoms with Crippen LogP contribution in [0.25, 0.3) is 5.00 Å².